The van der Waals surface area contributed by atoms with Crippen LogP contribution < -0.4 is 17.6 Å². The van der Waals surface area contributed by atoms with Crippen molar-refractivity contribution in [3.05, 3.63) is 96.1 Å². The summed E-state index contributed by atoms with van der Waals surface area (Å²) in [5.74, 6) is -1.81. The molecule has 0 fully saturated rings. The van der Waals surface area contributed by atoms with E-state index >= 15 is 0 Å². The lowest BCUT2D eigenvalue weighted by Gasteiger charge is -2.03. The molecule has 0 unspecified atom stereocenters. The van der Waals surface area contributed by atoms with E-state index in [2.05, 4.69) is 12.1 Å². The van der Waals surface area contributed by atoms with Gasteiger partial charge in [0.2, 0.25) is 0 Å². The third-order valence-corrected chi connectivity index (χ3v) is 4.46. The van der Waals surface area contributed by atoms with E-state index in [-0.39, 0.29) is 6.15 Å². The van der Waals surface area contributed by atoms with Gasteiger partial charge >= 0.3 is 11.9 Å². The second-order valence-corrected chi connectivity index (χ2v) is 7.01. The van der Waals surface area contributed by atoms with Crippen LogP contribution in [0.5, 0.6) is 0 Å². The van der Waals surface area contributed by atoms with Crippen LogP contribution in [0.15, 0.2) is 84.9 Å². The number of unbranched alkanes of at least 4 members (excludes halogenated alkanes) is 1. The molecule has 3 aromatic carbocycles. The van der Waals surface area contributed by atoms with Gasteiger partial charge in [-0.2, -0.15) is 0 Å². The topological polar surface area (TPSA) is 179 Å². The summed E-state index contributed by atoms with van der Waals surface area (Å²) < 4.78 is 0. The van der Waals surface area contributed by atoms with E-state index in [0.717, 1.165) is 24.7 Å². The molecular weight excluding hydrogens is 434 g/mol. The number of aliphatic carboxylic acids is 1. The largest absolute Gasteiger partial charge is 0.480 e. The normalized spacial score (nSPS) is 10.2. The first kappa shape index (κ1) is 30.2. The molecule has 0 aliphatic carbocycles. The minimum atomic E-state index is -0.933. The quantitative estimate of drug-likeness (QED) is 0.241. The number of benzene rings is 3. The number of nitrogens with two attached hydrogens (primary N) is 2. The SMILES string of the molecule is N.NCCCC[C@H](N)C(=O)O.O=C(O)c1ccccc1.O=Cc1ccc(-c2ccccc2)cc1. The molecular formula is C26H33N3O5. The van der Waals surface area contributed by atoms with E-state index in [1.807, 2.05) is 42.5 Å². The maximum Gasteiger partial charge on any atom is 0.335 e. The monoisotopic (exact) mass is 467 g/mol. The highest BCUT2D eigenvalue weighted by atomic mass is 16.4. The molecule has 1 atom stereocenters. The fraction of sp³-hybridized carbons (Fsp3) is 0.192. The van der Waals surface area contributed by atoms with Crippen LogP contribution in [0.4, 0.5) is 0 Å². The van der Waals surface area contributed by atoms with Crippen LogP contribution in [0.25, 0.3) is 11.1 Å². The van der Waals surface area contributed by atoms with Crippen LogP contribution in [-0.4, -0.2) is 41.0 Å². The van der Waals surface area contributed by atoms with Crippen molar-refractivity contribution >= 4 is 18.2 Å². The van der Waals surface area contributed by atoms with Crippen molar-refractivity contribution in [1.82, 2.24) is 6.15 Å². The Kier molecular flexibility index (Phi) is 15.7. The molecule has 34 heavy (non-hydrogen) atoms. The molecule has 0 bridgehead atoms. The molecule has 0 aromatic heterocycles. The smallest absolute Gasteiger partial charge is 0.335 e. The Bertz CT molecular complexity index is 965. The third-order valence-electron chi connectivity index (χ3n) is 4.46. The van der Waals surface area contributed by atoms with E-state index in [4.69, 9.17) is 21.7 Å². The van der Waals surface area contributed by atoms with Crippen molar-refractivity contribution < 1.29 is 24.6 Å². The summed E-state index contributed by atoms with van der Waals surface area (Å²) >= 11 is 0. The Morgan fingerprint density at radius 2 is 1.29 bits per heavy atom. The number of hydrogen-bond acceptors (Lipinski definition) is 6. The molecule has 182 valence electrons. The Hall–Kier alpha value is -3.85. The van der Waals surface area contributed by atoms with E-state index in [1.54, 1.807) is 30.3 Å². The lowest BCUT2D eigenvalue weighted by atomic mass is 10.0. The van der Waals surface area contributed by atoms with Gasteiger partial charge < -0.3 is 27.8 Å². The number of carbonyl (C=O) groups is 3. The van der Waals surface area contributed by atoms with E-state index in [9.17, 15) is 14.4 Å². The average Bonchev–Trinajstić information content (AvgIpc) is 2.86. The second kappa shape index (κ2) is 17.7. The van der Waals surface area contributed by atoms with Crippen LogP contribution in [0.2, 0.25) is 0 Å². The number of aldehydes is 1. The fourth-order valence-corrected chi connectivity index (χ4v) is 2.60. The lowest BCUT2D eigenvalue weighted by Crippen LogP contribution is -2.29. The molecule has 8 nitrogen and oxygen atoms in total. The molecule has 0 saturated heterocycles. The maximum absolute atomic E-state index is 10.5. The van der Waals surface area contributed by atoms with Crippen LogP contribution in [-0.2, 0) is 4.79 Å². The van der Waals surface area contributed by atoms with Gasteiger partial charge in [0.1, 0.15) is 12.3 Å². The van der Waals surface area contributed by atoms with Crippen LogP contribution in [0, 0.1) is 0 Å². The number of carboxylic acids is 2. The Balaban J connectivity index is 0.000000490. The summed E-state index contributed by atoms with van der Waals surface area (Å²) in [5.41, 5.74) is 13.8. The molecule has 0 aliphatic heterocycles. The number of carboxylic acid groups (broad SMARTS) is 2. The Morgan fingerprint density at radius 3 is 1.71 bits per heavy atom. The fourth-order valence-electron chi connectivity index (χ4n) is 2.60. The zero-order valence-corrected chi connectivity index (χ0v) is 19.0. The second-order valence-electron chi connectivity index (χ2n) is 7.01. The van der Waals surface area contributed by atoms with Gasteiger partial charge in [0, 0.05) is 5.56 Å². The van der Waals surface area contributed by atoms with Crippen molar-refractivity contribution in [3.8, 4) is 11.1 Å². The van der Waals surface area contributed by atoms with Crippen molar-refractivity contribution in [2.24, 2.45) is 11.5 Å². The number of hydrogen-bond donors (Lipinski definition) is 5. The van der Waals surface area contributed by atoms with Crippen molar-refractivity contribution in [2.45, 2.75) is 25.3 Å². The van der Waals surface area contributed by atoms with Gasteiger partial charge in [-0.15, -0.1) is 0 Å². The Labute approximate surface area is 199 Å². The summed E-state index contributed by atoms with van der Waals surface area (Å²) in [6.45, 7) is 0.604. The number of rotatable bonds is 8. The summed E-state index contributed by atoms with van der Waals surface area (Å²) in [6, 6.07) is 25.2. The van der Waals surface area contributed by atoms with Crippen molar-refractivity contribution in [2.75, 3.05) is 6.54 Å². The molecule has 0 aliphatic rings. The summed E-state index contributed by atoms with van der Waals surface area (Å²) in [4.78, 5) is 30.8. The molecule has 3 aromatic rings. The van der Waals surface area contributed by atoms with Crippen LogP contribution >= 0.6 is 0 Å². The van der Waals surface area contributed by atoms with Gasteiger partial charge in [-0.3, -0.25) is 9.59 Å². The molecule has 0 spiro atoms. The van der Waals surface area contributed by atoms with E-state index in [0.29, 0.717) is 24.1 Å². The first-order valence-electron chi connectivity index (χ1n) is 10.5. The third kappa shape index (κ3) is 12.3. The predicted octanol–water partition coefficient (Wildman–Crippen LogP) is 4.24. The highest BCUT2D eigenvalue weighted by molar-refractivity contribution is 5.87. The van der Waals surface area contributed by atoms with Gasteiger partial charge in [-0.25, -0.2) is 4.79 Å². The lowest BCUT2D eigenvalue weighted by molar-refractivity contribution is -0.138. The van der Waals surface area contributed by atoms with Gasteiger partial charge in [0.25, 0.3) is 0 Å². The summed E-state index contributed by atoms with van der Waals surface area (Å²) in [6.07, 6.45) is 3.02. The minimum absolute atomic E-state index is 0. The highest BCUT2D eigenvalue weighted by Gasteiger charge is 2.09. The minimum Gasteiger partial charge on any atom is -0.480 e. The number of aromatic carboxylic acids is 1. The maximum atomic E-state index is 10.5. The number of carbonyl (C=O) groups excluding carboxylic acids is 1. The zero-order chi connectivity index (χ0) is 24.5. The van der Waals surface area contributed by atoms with Gasteiger partial charge in [-0.1, -0.05) is 79.2 Å². The Morgan fingerprint density at radius 1 is 0.794 bits per heavy atom. The van der Waals surface area contributed by atoms with E-state index in [1.165, 1.54) is 5.56 Å². The van der Waals surface area contributed by atoms with E-state index < -0.39 is 18.0 Å². The molecule has 3 rings (SSSR count). The summed E-state index contributed by atoms with van der Waals surface area (Å²) in [5, 5.41) is 16.7. The molecule has 0 saturated carbocycles. The molecule has 0 radical (unpaired) electrons. The molecule has 8 heteroatoms. The standard InChI is InChI=1S/C13H10O.C7H6O2.C6H14N2O2.H3N/c14-10-11-6-8-13(9-7-11)12-4-2-1-3-5-12;8-7(9)6-4-2-1-3-5-6;7-4-2-1-3-5(8)6(9)10;/h1-10H;1-5H,(H,8,9);5H,1-4,7-8H2,(H,9,10);1H3/t;;5-;/m..0./s1. The van der Waals surface area contributed by atoms with Crippen LogP contribution in [0.3, 0.4) is 0 Å². The van der Waals surface area contributed by atoms with Gasteiger partial charge in [0.05, 0.1) is 5.56 Å². The molecule has 0 heterocycles. The van der Waals surface area contributed by atoms with Gasteiger partial charge in [0.15, 0.2) is 0 Å². The van der Waals surface area contributed by atoms with Gasteiger partial charge in [-0.05, 0) is 42.6 Å². The van der Waals surface area contributed by atoms with Crippen molar-refractivity contribution in [3.63, 3.8) is 0 Å². The highest BCUT2D eigenvalue weighted by Crippen LogP contribution is 2.18. The first-order chi connectivity index (χ1) is 15.9. The predicted molar refractivity (Wildman–Crippen MR) is 134 cm³/mol. The summed E-state index contributed by atoms with van der Waals surface area (Å²) in [7, 11) is 0. The molecule has 9 N–H and O–H groups in total. The molecule has 0 amide bonds. The first-order valence-corrected chi connectivity index (χ1v) is 10.5. The van der Waals surface area contributed by atoms with Crippen molar-refractivity contribution in [1.29, 1.82) is 0 Å². The average molecular weight is 468 g/mol. The van der Waals surface area contributed by atoms with Crippen LogP contribution in [0.1, 0.15) is 40.0 Å². The zero-order valence-electron chi connectivity index (χ0n) is 19.0.